The minimum absolute atomic E-state index is 0.0821. The molecule has 1 rings (SSSR count). The van der Waals surface area contributed by atoms with Crippen LogP contribution < -0.4 is 0 Å². The zero-order valence-electron chi connectivity index (χ0n) is 9.40. The lowest BCUT2D eigenvalue weighted by molar-refractivity contribution is -0.147. The summed E-state index contributed by atoms with van der Waals surface area (Å²) in [6, 6.07) is 4.54. The van der Waals surface area contributed by atoms with E-state index in [0.717, 1.165) is 0 Å². The molecular formula is C12H12Cl2O4. The Hall–Kier alpha value is -1.10. The van der Waals surface area contributed by atoms with Crippen molar-refractivity contribution >= 4 is 35.0 Å². The van der Waals surface area contributed by atoms with Gasteiger partial charge in [0.15, 0.2) is 11.9 Å². The number of aliphatic hydroxyl groups excluding tert-OH is 1. The number of aliphatic hydroxyl groups is 1. The predicted molar refractivity (Wildman–Crippen MR) is 68.0 cm³/mol. The molecule has 0 amide bonds. The third-order valence-corrected chi connectivity index (χ3v) is 3.05. The number of halogens is 2. The van der Waals surface area contributed by atoms with Gasteiger partial charge in [0.25, 0.3) is 0 Å². The van der Waals surface area contributed by atoms with Crippen molar-refractivity contribution in [2.75, 3.05) is 5.88 Å². The summed E-state index contributed by atoms with van der Waals surface area (Å²) in [4.78, 5) is 21.9. The Bertz CT molecular complexity index is 459. The fourth-order valence-corrected chi connectivity index (χ4v) is 1.86. The fourth-order valence-electron chi connectivity index (χ4n) is 1.52. The maximum atomic E-state index is 11.3. The maximum absolute atomic E-state index is 11.3. The van der Waals surface area contributed by atoms with Crippen molar-refractivity contribution in [3.63, 3.8) is 0 Å². The molecular weight excluding hydrogens is 279 g/mol. The Morgan fingerprint density at radius 1 is 1.22 bits per heavy atom. The second kappa shape index (κ2) is 6.73. The minimum atomic E-state index is -1.59. The van der Waals surface area contributed by atoms with Gasteiger partial charge in [-0.2, -0.15) is 0 Å². The number of carboxylic acids is 1. The van der Waals surface area contributed by atoms with Crippen molar-refractivity contribution in [3.8, 4) is 0 Å². The molecule has 98 valence electrons. The normalized spacial score (nSPS) is 12.2. The summed E-state index contributed by atoms with van der Waals surface area (Å²) in [7, 11) is 0. The number of carbonyl (C=O) groups is 2. The van der Waals surface area contributed by atoms with E-state index in [2.05, 4.69) is 0 Å². The molecule has 18 heavy (non-hydrogen) atoms. The molecule has 0 aliphatic heterocycles. The number of benzene rings is 1. The van der Waals surface area contributed by atoms with E-state index in [0.29, 0.717) is 11.1 Å². The molecule has 0 aliphatic rings. The van der Waals surface area contributed by atoms with Crippen molar-refractivity contribution in [1.82, 2.24) is 0 Å². The van der Waals surface area contributed by atoms with Gasteiger partial charge in [-0.05, 0) is 16.7 Å². The smallest absolute Gasteiger partial charge is 0.337 e. The Labute approximate surface area is 114 Å². The number of Topliss-reactive ketones (excluding diaryl/α,β-unsaturated/α-hetero) is 1. The highest BCUT2D eigenvalue weighted by Crippen LogP contribution is 2.20. The molecule has 1 unspecified atom stereocenters. The number of alkyl halides is 2. The van der Waals surface area contributed by atoms with Crippen molar-refractivity contribution in [3.05, 3.63) is 34.9 Å². The van der Waals surface area contributed by atoms with E-state index in [1.165, 1.54) is 12.1 Å². The highest BCUT2D eigenvalue weighted by Gasteiger charge is 2.17. The summed E-state index contributed by atoms with van der Waals surface area (Å²) in [6.07, 6.45) is -1.45. The van der Waals surface area contributed by atoms with Gasteiger partial charge in [-0.25, -0.2) is 4.79 Å². The second-order valence-electron chi connectivity index (χ2n) is 3.75. The van der Waals surface area contributed by atoms with Gasteiger partial charge in [0.2, 0.25) is 0 Å². The molecule has 0 spiro atoms. The summed E-state index contributed by atoms with van der Waals surface area (Å²) in [6.45, 7) is 0. The van der Waals surface area contributed by atoms with Gasteiger partial charge in [-0.1, -0.05) is 18.2 Å². The van der Waals surface area contributed by atoms with E-state index in [-0.39, 0.29) is 29.5 Å². The van der Waals surface area contributed by atoms with Crippen LogP contribution in [-0.4, -0.2) is 27.8 Å². The highest BCUT2D eigenvalue weighted by atomic mass is 35.5. The number of hydrogen-bond acceptors (Lipinski definition) is 3. The third kappa shape index (κ3) is 3.70. The van der Waals surface area contributed by atoms with Crippen LogP contribution in [0.4, 0.5) is 0 Å². The summed E-state index contributed by atoms with van der Waals surface area (Å²) in [5, 5.41) is 18.1. The van der Waals surface area contributed by atoms with Crippen molar-refractivity contribution < 1.29 is 19.8 Å². The van der Waals surface area contributed by atoms with Gasteiger partial charge < -0.3 is 10.2 Å². The third-order valence-electron chi connectivity index (χ3n) is 2.46. The quantitative estimate of drug-likeness (QED) is 0.785. The average molecular weight is 291 g/mol. The van der Waals surface area contributed by atoms with E-state index >= 15 is 0 Å². The molecule has 2 N–H and O–H groups in total. The number of carboxylic acid groups (broad SMARTS) is 1. The number of aliphatic carboxylic acids is 1. The largest absolute Gasteiger partial charge is 0.479 e. The van der Waals surface area contributed by atoms with Crippen LogP contribution in [0.2, 0.25) is 0 Å². The molecule has 6 heteroatoms. The van der Waals surface area contributed by atoms with Crippen molar-refractivity contribution in [2.45, 2.75) is 18.4 Å². The topological polar surface area (TPSA) is 74.6 Å². The molecule has 1 aromatic carbocycles. The standard InChI is InChI=1S/C12H12Cl2O4/c13-5-9-3-8(11(16)12(17)18)2-1-7(9)4-10(15)6-14/h1-3,11,16H,4-6H2,(H,17,18). The molecule has 0 radical (unpaired) electrons. The Morgan fingerprint density at radius 3 is 2.39 bits per heavy atom. The first-order valence-electron chi connectivity index (χ1n) is 5.15. The van der Waals surface area contributed by atoms with Crippen LogP contribution in [-0.2, 0) is 21.9 Å². The lowest BCUT2D eigenvalue weighted by Gasteiger charge is -2.11. The predicted octanol–water partition coefficient (Wildman–Crippen LogP) is 1.89. The van der Waals surface area contributed by atoms with Gasteiger partial charge in [-0.3, -0.25) is 4.79 Å². The molecule has 1 aromatic rings. The number of carbonyl (C=O) groups excluding carboxylic acids is 1. The number of ketones is 1. The lowest BCUT2D eigenvalue weighted by atomic mass is 9.98. The van der Waals surface area contributed by atoms with Gasteiger partial charge in [0, 0.05) is 12.3 Å². The molecule has 0 heterocycles. The van der Waals surface area contributed by atoms with Gasteiger partial charge >= 0.3 is 5.97 Å². The summed E-state index contributed by atoms with van der Waals surface area (Å²) < 4.78 is 0. The number of rotatable bonds is 6. The first-order chi connectivity index (χ1) is 8.49. The molecule has 0 aliphatic carbocycles. The van der Waals surface area contributed by atoms with Crippen molar-refractivity contribution in [1.29, 1.82) is 0 Å². The Kier molecular flexibility index (Phi) is 5.59. The van der Waals surface area contributed by atoms with Crippen LogP contribution in [0, 0.1) is 0 Å². The van der Waals surface area contributed by atoms with Gasteiger partial charge in [0.1, 0.15) is 0 Å². The SMILES string of the molecule is O=C(CCl)Cc1ccc(C(O)C(=O)O)cc1CCl. The van der Waals surface area contributed by atoms with Gasteiger partial charge in [-0.15, -0.1) is 23.2 Å². The molecule has 0 saturated carbocycles. The zero-order chi connectivity index (χ0) is 13.7. The van der Waals surface area contributed by atoms with Crippen LogP contribution in [0.1, 0.15) is 22.8 Å². The fraction of sp³-hybridized carbons (Fsp3) is 0.333. The second-order valence-corrected chi connectivity index (χ2v) is 4.29. The van der Waals surface area contributed by atoms with Gasteiger partial charge in [0.05, 0.1) is 5.88 Å². The maximum Gasteiger partial charge on any atom is 0.337 e. The minimum Gasteiger partial charge on any atom is -0.479 e. The first kappa shape index (κ1) is 15.0. The molecule has 0 fully saturated rings. The average Bonchev–Trinajstić information content (AvgIpc) is 2.37. The zero-order valence-corrected chi connectivity index (χ0v) is 10.9. The Balaban J connectivity index is 3.03. The molecule has 0 bridgehead atoms. The van der Waals surface area contributed by atoms with Crippen LogP contribution in [0.5, 0.6) is 0 Å². The van der Waals surface area contributed by atoms with E-state index in [1.54, 1.807) is 6.07 Å². The molecule has 0 saturated heterocycles. The molecule has 1 atom stereocenters. The Morgan fingerprint density at radius 2 is 1.89 bits per heavy atom. The molecule has 0 aromatic heterocycles. The van der Waals surface area contributed by atoms with Crippen LogP contribution in [0.25, 0.3) is 0 Å². The summed E-state index contributed by atoms with van der Waals surface area (Å²) >= 11 is 11.2. The van der Waals surface area contributed by atoms with E-state index < -0.39 is 12.1 Å². The van der Waals surface area contributed by atoms with Crippen LogP contribution >= 0.6 is 23.2 Å². The summed E-state index contributed by atoms with van der Waals surface area (Å²) in [5.74, 6) is -1.43. The summed E-state index contributed by atoms with van der Waals surface area (Å²) in [5.41, 5.74) is 1.55. The van der Waals surface area contributed by atoms with E-state index in [4.69, 9.17) is 28.3 Å². The number of hydrogen-bond donors (Lipinski definition) is 2. The monoisotopic (exact) mass is 290 g/mol. The van der Waals surface area contributed by atoms with Crippen LogP contribution in [0.15, 0.2) is 18.2 Å². The highest BCUT2D eigenvalue weighted by molar-refractivity contribution is 6.27. The van der Waals surface area contributed by atoms with Crippen molar-refractivity contribution in [2.24, 2.45) is 0 Å². The molecule has 4 nitrogen and oxygen atoms in total. The first-order valence-corrected chi connectivity index (χ1v) is 6.22. The lowest BCUT2D eigenvalue weighted by Crippen LogP contribution is -2.12. The van der Waals surface area contributed by atoms with Crippen LogP contribution in [0.3, 0.4) is 0 Å². The van der Waals surface area contributed by atoms with E-state index in [9.17, 15) is 14.7 Å². The van der Waals surface area contributed by atoms with E-state index in [1.807, 2.05) is 0 Å².